The van der Waals surface area contributed by atoms with Crippen LogP contribution in [0, 0.1) is 0 Å². The molecule has 2 atom stereocenters. The highest BCUT2D eigenvalue weighted by atomic mass is 16.5. The lowest BCUT2D eigenvalue weighted by molar-refractivity contribution is 0.105. The Hall–Kier alpha value is -1.92. The molecule has 3 N–H and O–H groups in total. The average molecular weight is 274 g/mol. The second-order valence-corrected chi connectivity index (χ2v) is 4.83. The molecule has 0 saturated carbocycles. The van der Waals surface area contributed by atoms with Crippen LogP contribution in [-0.2, 0) is 4.74 Å². The van der Waals surface area contributed by atoms with Gasteiger partial charge in [-0.05, 0) is 30.5 Å². The molecule has 0 amide bonds. The SMILES string of the molecule is COc1ccc(C(N)c2n[nH]c(C3CCCO3)n2)cc1. The highest BCUT2D eigenvalue weighted by molar-refractivity contribution is 5.31. The summed E-state index contributed by atoms with van der Waals surface area (Å²) in [5.41, 5.74) is 7.14. The van der Waals surface area contributed by atoms with Gasteiger partial charge in [-0.2, -0.15) is 5.10 Å². The summed E-state index contributed by atoms with van der Waals surface area (Å²) in [6.45, 7) is 0.783. The summed E-state index contributed by atoms with van der Waals surface area (Å²) in [5, 5.41) is 7.14. The Morgan fingerprint density at radius 3 is 2.85 bits per heavy atom. The topological polar surface area (TPSA) is 86.0 Å². The fourth-order valence-electron chi connectivity index (χ4n) is 2.32. The first kappa shape index (κ1) is 13.1. The summed E-state index contributed by atoms with van der Waals surface area (Å²) < 4.78 is 10.7. The van der Waals surface area contributed by atoms with Crippen molar-refractivity contribution in [1.82, 2.24) is 15.2 Å². The van der Waals surface area contributed by atoms with Gasteiger partial charge in [0.25, 0.3) is 0 Å². The summed E-state index contributed by atoms with van der Waals surface area (Å²) in [5.74, 6) is 2.15. The van der Waals surface area contributed by atoms with Crippen molar-refractivity contribution in [2.75, 3.05) is 13.7 Å². The molecule has 6 heteroatoms. The van der Waals surface area contributed by atoms with Gasteiger partial charge in [-0.1, -0.05) is 12.1 Å². The van der Waals surface area contributed by atoms with E-state index >= 15 is 0 Å². The van der Waals surface area contributed by atoms with Gasteiger partial charge in [-0.25, -0.2) is 4.98 Å². The fourth-order valence-corrected chi connectivity index (χ4v) is 2.32. The van der Waals surface area contributed by atoms with Gasteiger partial charge in [-0.3, -0.25) is 5.10 Å². The Kier molecular flexibility index (Phi) is 3.66. The van der Waals surface area contributed by atoms with Crippen LogP contribution in [0.3, 0.4) is 0 Å². The molecule has 20 heavy (non-hydrogen) atoms. The molecule has 3 rings (SSSR count). The predicted molar refractivity (Wildman–Crippen MR) is 73.3 cm³/mol. The normalized spacial score (nSPS) is 20.0. The number of H-pyrrole nitrogens is 1. The van der Waals surface area contributed by atoms with Crippen LogP contribution in [0.1, 0.15) is 42.2 Å². The van der Waals surface area contributed by atoms with Gasteiger partial charge in [0.2, 0.25) is 0 Å². The third-order valence-corrected chi connectivity index (χ3v) is 3.51. The standard InChI is InChI=1S/C14H18N4O2/c1-19-10-6-4-9(5-7-10)12(15)14-16-13(17-18-14)11-3-2-8-20-11/h4-7,11-12H,2-3,8,15H2,1H3,(H,16,17,18). The van der Waals surface area contributed by atoms with E-state index in [9.17, 15) is 0 Å². The van der Waals surface area contributed by atoms with Crippen molar-refractivity contribution in [3.05, 3.63) is 41.5 Å². The van der Waals surface area contributed by atoms with E-state index in [-0.39, 0.29) is 12.1 Å². The molecule has 2 unspecified atom stereocenters. The first-order valence-electron chi connectivity index (χ1n) is 6.71. The van der Waals surface area contributed by atoms with E-state index < -0.39 is 0 Å². The highest BCUT2D eigenvalue weighted by Crippen LogP contribution is 2.27. The molecule has 2 aromatic rings. The lowest BCUT2D eigenvalue weighted by Crippen LogP contribution is -2.13. The number of rotatable bonds is 4. The number of nitrogens with zero attached hydrogens (tertiary/aromatic N) is 2. The number of aromatic amines is 1. The first-order chi connectivity index (χ1) is 9.78. The summed E-state index contributed by atoms with van der Waals surface area (Å²) in [6.07, 6.45) is 2.07. The van der Waals surface area contributed by atoms with Crippen LogP contribution in [0.25, 0.3) is 0 Å². The largest absolute Gasteiger partial charge is 0.497 e. The minimum atomic E-state index is -0.354. The molecule has 1 fully saturated rings. The molecule has 1 saturated heterocycles. The molecular formula is C14H18N4O2. The maximum Gasteiger partial charge on any atom is 0.171 e. The maximum absolute atomic E-state index is 6.19. The molecule has 1 aromatic carbocycles. The van der Waals surface area contributed by atoms with Crippen molar-refractivity contribution in [3.8, 4) is 5.75 Å². The molecule has 1 aromatic heterocycles. The highest BCUT2D eigenvalue weighted by Gasteiger charge is 2.23. The van der Waals surface area contributed by atoms with Gasteiger partial charge >= 0.3 is 0 Å². The Balaban J connectivity index is 1.77. The third-order valence-electron chi connectivity index (χ3n) is 3.51. The zero-order valence-electron chi connectivity index (χ0n) is 11.4. The van der Waals surface area contributed by atoms with E-state index in [4.69, 9.17) is 15.2 Å². The monoisotopic (exact) mass is 274 g/mol. The Morgan fingerprint density at radius 1 is 1.40 bits per heavy atom. The number of nitrogens with two attached hydrogens (primary N) is 1. The lowest BCUT2D eigenvalue weighted by Gasteiger charge is -2.09. The van der Waals surface area contributed by atoms with E-state index in [1.54, 1.807) is 7.11 Å². The van der Waals surface area contributed by atoms with Crippen LogP contribution in [0.2, 0.25) is 0 Å². The van der Waals surface area contributed by atoms with Crippen LogP contribution >= 0.6 is 0 Å². The van der Waals surface area contributed by atoms with Crippen LogP contribution in [0.4, 0.5) is 0 Å². The van der Waals surface area contributed by atoms with Gasteiger partial charge < -0.3 is 15.2 Å². The predicted octanol–water partition coefficient (Wildman–Crippen LogP) is 1.71. The smallest absolute Gasteiger partial charge is 0.171 e. The molecule has 0 bridgehead atoms. The van der Waals surface area contributed by atoms with Crippen molar-refractivity contribution >= 4 is 0 Å². The molecule has 1 aliphatic rings. The number of benzene rings is 1. The first-order valence-corrected chi connectivity index (χ1v) is 6.71. The zero-order valence-corrected chi connectivity index (χ0v) is 11.4. The summed E-state index contributed by atoms with van der Waals surface area (Å²) >= 11 is 0. The molecule has 0 spiro atoms. The summed E-state index contributed by atoms with van der Waals surface area (Å²) in [7, 11) is 1.64. The van der Waals surface area contributed by atoms with Crippen LogP contribution in [0.5, 0.6) is 5.75 Å². The molecule has 2 heterocycles. The number of nitrogens with one attached hydrogen (secondary N) is 1. The van der Waals surface area contributed by atoms with E-state index in [1.165, 1.54) is 0 Å². The van der Waals surface area contributed by atoms with Crippen molar-refractivity contribution in [3.63, 3.8) is 0 Å². The van der Waals surface area contributed by atoms with E-state index in [1.807, 2.05) is 24.3 Å². The number of methoxy groups -OCH3 is 1. The minimum absolute atomic E-state index is 0.0271. The van der Waals surface area contributed by atoms with Crippen LogP contribution in [0.15, 0.2) is 24.3 Å². The van der Waals surface area contributed by atoms with E-state index in [2.05, 4.69) is 15.2 Å². The maximum atomic E-state index is 6.19. The second-order valence-electron chi connectivity index (χ2n) is 4.83. The summed E-state index contributed by atoms with van der Waals surface area (Å²) in [6, 6.07) is 7.25. The van der Waals surface area contributed by atoms with E-state index in [0.29, 0.717) is 5.82 Å². The fraction of sp³-hybridized carbons (Fsp3) is 0.429. The molecule has 0 radical (unpaired) electrons. The minimum Gasteiger partial charge on any atom is -0.497 e. The summed E-state index contributed by atoms with van der Waals surface area (Å²) in [4.78, 5) is 4.46. The Bertz CT molecular complexity index is 561. The molecule has 106 valence electrons. The molecule has 6 nitrogen and oxygen atoms in total. The van der Waals surface area contributed by atoms with Gasteiger partial charge in [-0.15, -0.1) is 0 Å². The van der Waals surface area contributed by atoms with Gasteiger partial charge in [0.15, 0.2) is 11.6 Å². The van der Waals surface area contributed by atoms with E-state index in [0.717, 1.165) is 36.6 Å². The number of hydrogen-bond donors (Lipinski definition) is 2. The van der Waals surface area contributed by atoms with Crippen molar-refractivity contribution in [2.45, 2.75) is 25.0 Å². The molecule has 1 aliphatic heterocycles. The Labute approximate surface area is 117 Å². The molecular weight excluding hydrogens is 256 g/mol. The quantitative estimate of drug-likeness (QED) is 0.886. The zero-order chi connectivity index (χ0) is 13.9. The average Bonchev–Trinajstić information content (AvgIpc) is 3.17. The van der Waals surface area contributed by atoms with Gasteiger partial charge in [0.05, 0.1) is 13.2 Å². The van der Waals surface area contributed by atoms with Crippen LogP contribution < -0.4 is 10.5 Å². The van der Waals surface area contributed by atoms with Crippen molar-refractivity contribution in [2.24, 2.45) is 5.73 Å². The number of ether oxygens (including phenoxy) is 2. The van der Waals surface area contributed by atoms with Crippen LogP contribution in [-0.4, -0.2) is 28.9 Å². The third kappa shape index (κ3) is 2.52. The second kappa shape index (κ2) is 5.60. The molecule has 0 aliphatic carbocycles. The van der Waals surface area contributed by atoms with Gasteiger partial charge in [0, 0.05) is 6.61 Å². The van der Waals surface area contributed by atoms with Crippen molar-refractivity contribution in [1.29, 1.82) is 0 Å². The van der Waals surface area contributed by atoms with Gasteiger partial charge in [0.1, 0.15) is 11.9 Å². The Morgan fingerprint density at radius 2 is 2.20 bits per heavy atom. The number of aromatic nitrogens is 3. The van der Waals surface area contributed by atoms with Crippen molar-refractivity contribution < 1.29 is 9.47 Å². The lowest BCUT2D eigenvalue weighted by atomic mass is 10.1. The number of hydrogen-bond acceptors (Lipinski definition) is 5.